The van der Waals surface area contributed by atoms with Crippen molar-refractivity contribution in [2.24, 2.45) is 0 Å². The van der Waals surface area contributed by atoms with Crippen LogP contribution >= 0.6 is 0 Å². The molecule has 0 N–H and O–H groups in total. The third-order valence-electron chi connectivity index (χ3n) is 14.8. The second kappa shape index (κ2) is 63.9. The van der Waals surface area contributed by atoms with Crippen LogP contribution in [0, 0.1) is 0 Å². The summed E-state index contributed by atoms with van der Waals surface area (Å²) >= 11 is 0. The van der Waals surface area contributed by atoms with E-state index in [1.54, 1.807) is 0 Å². The predicted octanol–water partition coefficient (Wildman–Crippen LogP) is 22.6. The molecule has 0 fully saturated rings. The van der Waals surface area contributed by atoms with E-state index in [1.165, 1.54) is 250 Å². The molecule has 0 spiro atoms. The van der Waals surface area contributed by atoms with E-state index in [4.69, 9.17) is 14.2 Å². The van der Waals surface area contributed by atoms with Gasteiger partial charge in [0.15, 0.2) is 6.10 Å². The Morgan fingerprint density at radius 1 is 0.267 bits per heavy atom. The van der Waals surface area contributed by atoms with Crippen molar-refractivity contribution in [2.75, 3.05) is 13.2 Å². The van der Waals surface area contributed by atoms with Gasteiger partial charge in [0.1, 0.15) is 13.2 Å². The highest BCUT2D eigenvalue weighted by molar-refractivity contribution is 5.71. The predicted molar refractivity (Wildman–Crippen MR) is 325 cm³/mol. The fourth-order valence-corrected chi connectivity index (χ4v) is 9.76. The maximum absolute atomic E-state index is 12.9. The third-order valence-corrected chi connectivity index (χ3v) is 14.8. The smallest absolute Gasteiger partial charge is 0.306 e. The first-order valence-electron chi connectivity index (χ1n) is 33.1. The Morgan fingerprint density at radius 2 is 0.480 bits per heavy atom. The molecule has 0 aromatic rings. The van der Waals surface area contributed by atoms with Gasteiger partial charge in [0, 0.05) is 19.3 Å². The van der Waals surface area contributed by atoms with Gasteiger partial charge in [-0.05, 0) is 103 Å². The van der Waals surface area contributed by atoms with Crippen LogP contribution in [0.1, 0.15) is 355 Å². The van der Waals surface area contributed by atoms with Crippen molar-refractivity contribution in [3.63, 3.8) is 0 Å². The number of carbonyl (C=O) groups is 3. The Labute approximate surface area is 467 Å². The van der Waals surface area contributed by atoms with E-state index in [2.05, 4.69) is 69.4 Å². The minimum Gasteiger partial charge on any atom is -0.462 e. The number of ether oxygens (including phenoxy) is 3. The maximum Gasteiger partial charge on any atom is 0.306 e. The third kappa shape index (κ3) is 62.1. The van der Waals surface area contributed by atoms with E-state index < -0.39 is 6.10 Å². The fraction of sp³-hybridized carbons (Fsp3) is 0.841. The number of esters is 3. The molecule has 1 atom stereocenters. The minimum atomic E-state index is -0.780. The minimum absolute atomic E-state index is 0.0761. The summed E-state index contributed by atoms with van der Waals surface area (Å²) in [5, 5.41) is 0. The zero-order chi connectivity index (χ0) is 54.3. The standard InChI is InChI=1S/C69H126O6/c1-4-7-10-13-16-19-22-25-28-31-34-35-36-39-41-44-47-50-53-56-59-62-68(71)74-65-66(75-69(72)63-60-57-54-51-48-45-42-38-33-30-27-24-21-18-15-12-9-6-3)64-73-67(70)61-58-55-52-49-46-43-40-37-32-29-26-23-20-17-14-11-8-5-2/h22,25,29-34,66H,4-21,23-24,26-28,35-65H2,1-3H3/b25-22-,32-29-,33-30-,34-31-. The summed E-state index contributed by atoms with van der Waals surface area (Å²) in [4.78, 5) is 38.4. The fourth-order valence-electron chi connectivity index (χ4n) is 9.76. The lowest BCUT2D eigenvalue weighted by atomic mass is 10.1. The molecular weight excluding hydrogens is 925 g/mol. The number of hydrogen-bond acceptors (Lipinski definition) is 6. The summed E-state index contributed by atoms with van der Waals surface area (Å²) < 4.78 is 17.0. The molecule has 0 aromatic carbocycles. The van der Waals surface area contributed by atoms with Crippen molar-refractivity contribution in [3.05, 3.63) is 48.6 Å². The molecule has 0 aliphatic rings. The molecule has 6 heteroatoms. The molecule has 438 valence electrons. The van der Waals surface area contributed by atoms with Crippen LogP contribution in [0.5, 0.6) is 0 Å². The van der Waals surface area contributed by atoms with Gasteiger partial charge in [-0.25, -0.2) is 0 Å². The van der Waals surface area contributed by atoms with Crippen molar-refractivity contribution in [1.29, 1.82) is 0 Å². The van der Waals surface area contributed by atoms with Gasteiger partial charge >= 0.3 is 17.9 Å². The van der Waals surface area contributed by atoms with Crippen LogP contribution in [0.3, 0.4) is 0 Å². The van der Waals surface area contributed by atoms with Crippen molar-refractivity contribution in [1.82, 2.24) is 0 Å². The number of hydrogen-bond donors (Lipinski definition) is 0. The highest BCUT2D eigenvalue weighted by Crippen LogP contribution is 2.17. The van der Waals surface area contributed by atoms with Crippen LogP contribution < -0.4 is 0 Å². The Morgan fingerprint density at radius 3 is 0.747 bits per heavy atom. The van der Waals surface area contributed by atoms with E-state index in [0.717, 1.165) is 64.2 Å². The highest BCUT2D eigenvalue weighted by Gasteiger charge is 2.19. The summed E-state index contributed by atoms with van der Waals surface area (Å²) in [6.07, 6.45) is 79.7. The molecule has 0 aliphatic heterocycles. The van der Waals surface area contributed by atoms with Crippen LogP contribution in [-0.4, -0.2) is 37.2 Å². The molecule has 0 rings (SSSR count). The molecule has 0 amide bonds. The number of allylic oxidation sites excluding steroid dienone is 8. The SMILES string of the molecule is CCCCCCC/C=C\C/C=C\CCCCCCCCCCCC(=O)OCC(COC(=O)CCCCCCCCC/C=C\CCCCCCCCC)OC(=O)CCCCCCCCC/C=C\CCCCCCCCC. The first-order valence-corrected chi connectivity index (χ1v) is 33.1. The molecular formula is C69H126O6. The quantitative estimate of drug-likeness (QED) is 0.0261. The number of rotatable bonds is 61. The molecule has 0 saturated carbocycles. The zero-order valence-corrected chi connectivity index (χ0v) is 50.3. The van der Waals surface area contributed by atoms with Crippen molar-refractivity contribution < 1.29 is 28.6 Å². The topological polar surface area (TPSA) is 78.9 Å². The largest absolute Gasteiger partial charge is 0.462 e. The van der Waals surface area contributed by atoms with E-state index in [-0.39, 0.29) is 31.1 Å². The van der Waals surface area contributed by atoms with Crippen LogP contribution in [-0.2, 0) is 28.6 Å². The van der Waals surface area contributed by atoms with Crippen LogP contribution in [0.15, 0.2) is 48.6 Å². The second-order valence-electron chi connectivity index (χ2n) is 22.4. The van der Waals surface area contributed by atoms with Gasteiger partial charge < -0.3 is 14.2 Å². The first-order chi connectivity index (χ1) is 37.0. The average molecular weight is 1050 g/mol. The average Bonchev–Trinajstić information content (AvgIpc) is 3.41. The Hall–Kier alpha value is -2.63. The summed E-state index contributed by atoms with van der Waals surface area (Å²) in [5.41, 5.74) is 0. The van der Waals surface area contributed by atoms with Gasteiger partial charge in [-0.3, -0.25) is 14.4 Å². The molecule has 0 saturated heterocycles. The van der Waals surface area contributed by atoms with Gasteiger partial charge in [0.05, 0.1) is 0 Å². The summed E-state index contributed by atoms with van der Waals surface area (Å²) in [7, 11) is 0. The van der Waals surface area contributed by atoms with Crippen molar-refractivity contribution >= 4 is 17.9 Å². The van der Waals surface area contributed by atoms with Crippen LogP contribution in [0.2, 0.25) is 0 Å². The van der Waals surface area contributed by atoms with Gasteiger partial charge in [-0.15, -0.1) is 0 Å². The molecule has 0 radical (unpaired) electrons. The van der Waals surface area contributed by atoms with E-state index in [1.807, 2.05) is 0 Å². The summed E-state index contributed by atoms with van der Waals surface area (Å²) in [6.45, 7) is 6.67. The lowest BCUT2D eigenvalue weighted by Gasteiger charge is -2.18. The summed E-state index contributed by atoms with van der Waals surface area (Å²) in [5.74, 6) is -0.867. The van der Waals surface area contributed by atoms with Crippen LogP contribution in [0.25, 0.3) is 0 Å². The van der Waals surface area contributed by atoms with E-state index in [9.17, 15) is 14.4 Å². The molecule has 0 aliphatic carbocycles. The lowest BCUT2D eigenvalue weighted by molar-refractivity contribution is -0.167. The molecule has 1 unspecified atom stereocenters. The van der Waals surface area contributed by atoms with Crippen LogP contribution in [0.4, 0.5) is 0 Å². The highest BCUT2D eigenvalue weighted by atomic mass is 16.6. The Balaban J connectivity index is 4.36. The van der Waals surface area contributed by atoms with Gasteiger partial charge in [0.25, 0.3) is 0 Å². The van der Waals surface area contributed by atoms with Gasteiger partial charge in [-0.2, -0.15) is 0 Å². The Kier molecular flexibility index (Phi) is 61.7. The molecule has 75 heavy (non-hydrogen) atoms. The van der Waals surface area contributed by atoms with E-state index >= 15 is 0 Å². The van der Waals surface area contributed by atoms with Crippen molar-refractivity contribution in [3.8, 4) is 0 Å². The van der Waals surface area contributed by atoms with Gasteiger partial charge in [0.2, 0.25) is 0 Å². The Bertz CT molecular complexity index is 1300. The maximum atomic E-state index is 12.9. The molecule has 0 heterocycles. The monoisotopic (exact) mass is 1050 g/mol. The lowest BCUT2D eigenvalue weighted by Crippen LogP contribution is -2.30. The normalized spacial score (nSPS) is 12.3. The van der Waals surface area contributed by atoms with E-state index in [0.29, 0.717) is 19.3 Å². The summed E-state index contributed by atoms with van der Waals surface area (Å²) in [6, 6.07) is 0. The number of carbonyl (C=O) groups excluding carboxylic acids is 3. The van der Waals surface area contributed by atoms with Gasteiger partial charge in [-0.1, -0.05) is 281 Å². The molecule has 6 nitrogen and oxygen atoms in total. The number of unbranched alkanes of at least 4 members (excludes halogenated alkanes) is 42. The second-order valence-corrected chi connectivity index (χ2v) is 22.4. The zero-order valence-electron chi connectivity index (χ0n) is 50.3. The molecule has 0 aromatic heterocycles. The van der Waals surface area contributed by atoms with Crippen molar-refractivity contribution in [2.45, 2.75) is 361 Å². The molecule has 0 bridgehead atoms. The first kappa shape index (κ1) is 72.4.